The lowest BCUT2D eigenvalue weighted by molar-refractivity contribution is -0.122. The summed E-state index contributed by atoms with van der Waals surface area (Å²) in [5.74, 6) is -3.64. The number of rotatable bonds is 4. The number of anilines is 1. The third kappa shape index (κ3) is 4.43. The van der Waals surface area contributed by atoms with E-state index in [0.717, 1.165) is 27.1 Å². The van der Waals surface area contributed by atoms with Gasteiger partial charge in [0.05, 0.1) is 17.7 Å². The van der Waals surface area contributed by atoms with E-state index in [1.54, 1.807) is 48.5 Å². The minimum atomic E-state index is -1.34. The van der Waals surface area contributed by atoms with Gasteiger partial charge >= 0.3 is 0 Å². The summed E-state index contributed by atoms with van der Waals surface area (Å²) < 4.78 is 14.4. The smallest absolute Gasteiger partial charge is 0.274 e. The highest BCUT2D eigenvalue weighted by Crippen LogP contribution is 2.27. The number of benzene rings is 3. The lowest BCUT2D eigenvalue weighted by Crippen LogP contribution is -2.54. The Morgan fingerprint density at radius 3 is 2.12 bits per heavy atom. The Kier molecular flexibility index (Phi) is 6.23. The van der Waals surface area contributed by atoms with Gasteiger partial charge in [-0.2, -0.15) is 0 Å². The number of nitrogens with one attached hydrogen (secondary N) is 1. The van der Waals surface area contributed by atoms with Gasteiger partial charge in [-0.1, -0.05) is 47.5 Å². The Morgan fingerprint density at radius 2 is 1.50 bits per heavy atom. The fraction of sp³-hybridized carbons (Fsp3) is 0.154. The van der Waals surface area contributed by atoms with Gasteiger partial charge < -0.3 is 0 Å². The quantitative estimate of drug-likeness (QED) is 0.478. The summed E-state index contributed by atoms with van der Waals surface area (Å²) in [6.45, 7) is 3.73. The van der Waals surface area contributed by atoms with Crippen molar-refractivity contribution < 1.29 is 23.6 Å². The number of halogens is 1. The van der Waals surface area contributed by atoms with Crippen molar-refractivity contribution in [2.24, 2.45) is 0 Å². The summed E-state index contributed by atoms with van der Waals surface area (Å²) in [5.41, 5.74) is 4.57. The first-order chi connectivity index (χ1) is 16.3. The predicted molar refractivity (Wildman–Crippen MR) is 123 cm³/mol. The molecule has 7 nitrogen and oxygen atoms in total. The van der Waals surface area contributed by atoms with Crippen LogP contribution in [0.1, 0.15) is 38.3 Å². The maximum absolute atomic E-state index is 14.4. The molecule has 1 atom stereocenters. The van der Waals surface area contributed by atoms with E-state index >= 15 is 0 Å². The molecule has 1 fully saturated rings. The highest BCUT2D eigenvalue weighted by Gasteiger charge is 2.45. The van der Waals surface area contributed by atoms with Crippen molar-refractivity contribution in [3.05, 3.63) is 101 Å². The van der Waals surface area contributed by atoms with Gasteiger partial charge in [0.1, 0.15) is 11.9 Å². The number of aryl methyl sites for hydroxylation is 2. The van der Waals surface area contributed by atoms with Gasteiger partial charge in [-0.15, -0.1) is 0 Å². The van der Waals surface area contributed by atoms with Gasteiger partial charge in [0.15, 0.2) is 0 Å². The number of amides is 4. The molecule has 34 heavy (non-hydrogen) atoms. The van der Waals surface area contributed by atoms with Gasteiger partial charge in [-0.25, -0.2) is 14.3 Å². The predicted octanol–water partition coefficient (Wildman–Crippen LogP) is 3.56. The van der Waals surface area contributed by atoms with E-state index < -0.39 is 35.5 Å². The standard InChI is InChI=1S/C26H22FN3O4/c1-16-7-11-18(12-8-16)24(32)28-30(25(33)20-5-3-4-6-21(20)27)22-15-23(31)29(26(22)34)19-13-9-17(2)10-14-19/h3-14,22H,15H2,1-2H3,(H,28,32). The minimum absolute atomic E-state index is 0.240. The van der Waals surface area contributed by atoms with Gasteiger partial charge in [-0.3, -0.25) is 24.6 Å². The largest absolute Gasteiger partial charge is 0.276 e. The van der Waals surface area contributed by atoms with Crippen molar-refractivity contribution in [3.63, 3.8) is 0 Å². The lowest BCUT2D eigenvalue weighted by Gasteiger charge is -2.28. The Labute approximate surface area is 195 Å². The van der Waals surface area contributed by atoms with E-state index in [9.17, 15) is 23.6 Å². The van der Waals surface area contributed by atoms with E-state index in [1.807, 2.05) is 13.8 Å². The average Bonchev–Trinajstić information content (AvgIpc) is 3.12. The number of hydrogen-bond acceptors (Lipinski definition) is 4. The number of hydrazine groups is 1. The monoisotopic (exact) mass is 459 g/mol. The molecule has 3 aromatic rings. The summed E-state index contributed by atoms with van der Waals surface area (Å²) in [6.07, 6.45) is -0.360. The third-order valence-electron chi connectivity index (χ3n) is 5.59. The molecule has 1 heterocycles. The van der Waals surface area contributed by atoms with E-state index in [2.05, 4.69) is 5.43 Å². The number of imide groups is 1. The highest BCUT2D eigenvalue weighted by atomic mass is 19.1. The Morgan fingerprint density at radius 1 is 0.912 bits per heavy atom. The second-order valence-corrected chi connectivity index (χ2v) is 8.08. The van der Waals surface area contributed by atoms with Gasteiger partial charge in [0, 0.05) is 5.56 Å². The van der Waals surface area contributed by atoms with E-state index in [4.69, 9.17) is 0 Å². The van der Waals surface area contributed by atoms with Crippen molar-refractivity contribution in [3.8, 4) is 0 Å². The van der Waals surface area contributed by atoms with Crippen LogP contribution < -0.4 is 10.3 Å². The van der Waals surface area contributed by atoms with Crippen LogP contribution in [0.4, 0.5) is 10.1 Å². The second kappa shape index (κ2) is 9.27. The molecule has 0 radical (unpaired) electrons. The maximum atomic E-state index is 14.4. The molecular formula is C26H22FN3O4. The zero-order valence-electron chi connectivity index (χ0n) is 18.6. The van der Waals surface area contributed by atoms with Crippen molar-refractivity contribution in [1.82, 2.24) is 10.4 Å². The van der Waals surface area contributed by atoms with Crippen molar-refractivity contribution in [2.45, 2.75) is 26.3 Å². The molecule has 4 rings (SSSR count). The molecule has 0 spiro atoms. The van der Waals surface area contributed by atoms with Crippen molar-refractivity contribution in [1.29, 1.82) is 0 Å². The molecule has 0 aromatic heterocycles. The SMILES string of the molecule is Cc1ccc(C(=O)NN(C(=O)c2ccccc2F)C2CC(=O)N(c3ccc(C)cc3)C2=O)cc1. The first-order valence-corrected chi connectivity index (χ1v) is 10.7. The Balaban J connectivity index is 1.69. The molecule has 1 aliphatic rings. The molecule has 1 aliphatic heterocycles. The number of hydrogen-bond donors (Lipinski definition) is 1. The number of carbonyl (C=O) groups excluding carboxylic acids is 4. The van der Waals surface area contributed by atoms with Crippen LogP contribution in [0.15, 0.2) is 72.8 Å². The Bertz CT molecular complexity index is 1270. The van der Waals surface area contributed by atoms with Crippen LogP contribution in [0, 0.1) is 19.7 Å². The molecule has 8 heteroatoms. The first kappa shape index (κ1) is 22.8. The van der Waals surface area contributed by atoms with Crippen LogP contribution in [0.5, 0.6) is 0 Å². The molecule has 1 unspecified atom stereocenters. The molecule has 172 valence electrons. The Hall–Kier alpha value is -4.33. The molecular weight excluding hydrogens is 437 g/mol. The fourth-order valence-electron chi connectivity index (χ4n) is 3.70. The summed E-state index contributed by atoms with van der Waals surface area (Å²) in [4.78, 5) is 53.3. The van der Waals surface area contributed by atoms with E-state index in [1.165, 1.54) is 18.2 Å². The van der Waals surface area contributed by atoms with Crippen molar-refractivity contribution in [2.75, 3.05) is 4.90 Å². The molecule has 0 aliphatic carbocycles. The topological polar surface area (TPSA) is 86.8 Å². The summed E-state index contributed by atoms with van der Waals surface area (Å²) >= 11 is 0. The molecule has 1 saturated heterocycles. The van der Waals surface area contributed by atoms with Crippen LogP contribution >= 0.6 is 0 Å². The highest BCUT2D eigenvalue weighted by molar-refractivity contribution is 6.23. The van der Waals surface area contributed by atoms with Gasteiger partial charge in [-0.05, 0) is 50.2 Å². The van der Waals surface area contributed by atoms with Crippen LogP contribution in [0.2, 0.25) is 0 Å². The number of carbonyl (C=O) groups is 4. The summed E-state index contributed by atoms with van der Waals surface area (Å²) in [5, 5.41) is 0.759. The molecule has 4 amide bonds. The molecule has 0 saturated carbocycles. The summed E-state index contributed by atoms with van der Waals surface area (Å²) in [6, 6.07) is 17.3. The van der Waals surface area contributed by atoms with Crippen LogP contribution in [-0.2, 0) is 9.59 Å². The zero-order valence-corrected chi connectivity index (χ0v) is 18.6. The normalized spacial score (nSPS) is 15.4. The first-order valence-electron chi connectivity index (χ1n) is 10.7. The molecule has 0 bridgehead atoms. The van der Waals surface area contributed by atoms with Gasteiger partial charge in [0.25, 0.3) is 17.7 Å². The molecule has 1 N–H and O–H groups in total. The van der Waals surface area contributed by atoms with Crippen molar-refractivity contribution >= 4 is 29.3 Å². The zero-order chi connectivity index (χ0) is 24.4. The van der Waals surface area contributed by atoms with Crippen LogP contribution in [0.25, 0.3) is 0 Å². The fourth-order valence-corrected chi connectivity index (χ4v) is 3.70. The maximum Gasteiger partial charge on any atom is 0.276 e. The van der Waals surface area contributed by atoms with Crippen LogP contribution in [0.3, 0.4) is 0 Å². The number of nitrogens with zero attached hydrogens (tertiary/aromatic N) is 2. The molecule has 3 aromatic carbocycles. The van der Waals surface area contributed by atoms with Crippen LogP contribution in [-0.4, -0.2) is 34.7 Å². The summed E-state index contributed by atoms with van der Waals surface area (Å²) in [7, 11) is 0. The lowest BCUT2D eigenvalue weighted by atomic mass is 10.1. The average molecular weight is 459 g/mol. The van der Waals surface area contributed by atoms with E-state index in [-0.39, 0.29) is 17.5 Å². The third-order valence-corrected chi connectivity index (χ3v) is 5.59. The minimum Gasteiger partial charge on any atom is -0.274 e. The van der Waals surface area contributed by atoms with E-state index in [0.29, 0.717) is 5.69 Å². The second-order valence-electron chi connectivity index (χ2n) is 8.08. The van der Waals surface area contributed by atoms with Gasteiger partial charge in [0.2, 0.25) is 5.91 Å².